The zero-order valence-corrected chi connectivity index (χ0v) is 9.66. The molecule has 1 unspecified atom stereocenters. The van der Waals surface area contributed by atoms with Crippen LogP contribution in [0.25, 0.3) is 0 Å². The van der Waals surface area contributed by atoms with E-state index in [-0.39, 0.29) is 11.5 Å². The number of hydrogen-bond acceptors (Lipinski definition) is 4. The maximum absolute atomic E-state index is 11.6. The second-order valence-corrected chi connectivity index (χ2v) is 4.77. The Bertz CT molecular complexity index is 219. The van der Waals surface area contributed by atoms with Crippen LogP contribution in [0, 0.1) is 5.41 Å². The van der Waals surface area contributed by atoms with Crippen molar-refractivity contribution in [2.45, 2.75) is 27.0 Å². The van der Waals surface area contributed by atoms with E-state index in [2.05, 4.69) is 0 Å². The lowest BCUT2D eigenvalue weighted by atomic mass is 9.95. The zero-order chi connectivity index (χ0) is 11.5. The summed E-state index contributed by atoms with van der Waals surface area (Å²) in [6.45, 7) is 8.10. The summed E-state index contributed by atoms with van der Waals surface area (Å²) in [4.78, 5) is 13.2. The Labute approximate surface area is 90.5 Å². The SMILES string of the molecule is CC(C)(C)C(N)OC(=O)N1CCOCC1. The first kappa shape index (κ1) is 12.3. The van der Waals surface area contributed by atoms with Crippen LogP contribution in [0.5, 0.6) is 0 Å². The highest BCUT2D eigenvalue weighted by Crippen LogP contribution is 2.19. The van der Waals surface area contributed by atoms with E-state index in [1.165, 1.54) is 0 Å². The molecular formula is C10H20N2O3. The molecule has 88 valence electrons. The summed E-state index contributed by atoms with van der Waals surface area (Å²) >= 11 is 0. The van der Waals surface area contributed by atoms with Gasteiger partial charge in [-0.2, -0.15) is 0 Å². The number of amides is 1. The molecule has 2 N–H and O–H groups in total. The number of rotatable bonds is 1. The van der Waals surface area contributed by atoms with Gasteiger partial charge in [0.15, 0.2) is 6.23 Å². The highest BCUT2D eigenvalue weighted by Gasteiger charge is 2.27. The van der Waals surface area contributed by atoms with Gasteiger partial charge in [0.2, 0.25) is 0 Å². The highest BCUT2D eigenvalue weighted by molar-refractivity contribution is 5.67. The van der Waals surface area contributed by atoms with Crippen LogP contribution < -0.4 is 5.73 Å². The Morgan fingerprint density at radius 1 is 1.40 bits per heavy atom. The van der Waals surface area contributed by atoms with Crippen LogP contribution in [0.4, 0.5) is 4.79 Å². The summed E-state index contributed by atoms with van der Waals surface area (Å²) in [5, 5.41) is 0. The summed E-state index contributed by atoms with van der Waals surface area (Å²) in [7, 11) is 0. The number of nitrogens with zero attached hydrogens (tertiary/aromatic N) is 1. The van der Waals surface area contributed by atoms with Gasteiger partial charge in [0, 0.05) is 18.5 Å². The molecule has 0 bridgehead atoms. The molecule has 1 aliphatic rings. The van der Waals surface area contributed by atoms with Gasteiger partial charge >= 0.3 is 6.09 Å². The van der Waals surface area contributed by atoms with Crippen LogP contribution in [0.1, 0.15) is 20.8 Å². The van der Waals surface area contributed by atoms with Gasteiger partial charge in [0.1, 0.15) is 0 Å². The monoisotopic (exact) mass is 216 g/mol. The van der Waals surface area contributed by atoms with E-state index in [1.807, 2.05) is 20.8 Å². The summed E-state index contributed by atoms with van der Waals surface area (Å²) in [6, 6.07) is 0. The molecule has 0 radical (unpaired) electrons. The van der Waals surface area contributed by atoms with Gasteiger partial charge < -0.3 is 14.4 Å². The van der Waals surface area contributed by atoms with Crippen molar-refractivity contribution >= 4 is 6.09 Å². The summed E-state index contributed by atoms with van der Waals surface area (Å²) in [6.07, 6.45) is -0.923. The van der Waals surface area contributed by atoms with E-state index < -0.39 is 6.23 Å². The lowest BCUT2D eigenvalue weighted by molar-refractivity contribution is -0.0118. The maximum atomic E-state index is 11.6. The van der Waals surface area contributed by atoms with Gasteiger partial charge in [-0.3, -0.25) is 5.73 Å². The number of carbonyl (C=O) groups is 1. The van der Waals surface area contributed by atoms with E-state index in [1.54, 1.807) is 4.90 Å². The largest absolute Gasteiger partial charge is 0.430 e. The molecule has 0 aromatic heterocycles. The van der Waals surface area contributed by atoms with E-state index in [9.17, 15) is 4.79 Å². The number of nitrogens with two attached hydrogens (primary N) is 1. The van der Waals surface area contributed by atoms with Gasteiger partial charge in [-0.1, -0.05) is 20.8 Å². The van der Waals surface area contributed by atoms with Gasteiger partial charge in [0.25, 0.3) is 0 Å². The third-order valence-corrected chi connectivity index (χ3v) is 2.35. The van der Waals surface area contributed by atoms with Crippen molar-refractivity contribution in [3.63, 3.8) is 0 Å². The van der Waals surface area contributed by atoms with Crippen molar-refractivity contribution in [1.29, 1.82) is 0 Å². The number of hydrogen-bond donors (Lipinski definition) is 1. The van der Waals surface area contributed by atoms with Crippen molar-refractivity contribution in [2.24, 2.45) is 11.1 Å². The molecule has 1 aliphatic heterocycles. The fourth-order valence-corrected chi connectivity index (χ4v) is 1.11. The zero-order valence-electron chi connectivity index (χ0n) is 9.66. The predicted octanol–water partition coefficient (Wildman–Crippen LogP) is 0.786. The summed E-state index contributed by atoms with van der Waals surface area (Å²) in [5.41, 5.74) is 5.52. The van der Waals surface area contributed by atoms with Crippen LogP contribution in [0.3, 0.4) is 0 Å². The number of morpholine rings is 1. The van der Waals surface area contributed by atoms with E-state index in [4.69, 9.17) is 15.2 Å². The van der Waals surface area contributed by atoms with Crippen LogP contribution in [0.2, 0.25) is 0 Å². The minimum atomic E-state index is -0.576. The average molecular weight is 216 g/mol. The third kappa shape index (κ3) is 3.68. The molecule has 1 heterocycles. The quantitative estimate of drug-likeness (QED) is 0.658. The summed E-state index contributed by atoms with van der Waals surface area (Å²) in [5.74, 6) is 0. The smallest absolute Gasteiger partial charge is 0.411 e. The van der Waals surface area contributed by atoms with E-state index in [0.29, 0.717) is 26.3 Å². The molecule has 1 rings (SSSR count). The Kier molecular flexibility index (Phi) is 3.93. The first-order valence-electron chi connectivity index (χ1n) is 5.20. The van der Waals surface area contributed by atoms with Gasteiger partial charge in [0.05, 0.1) is 13.2 Å². The topological polar surface area (TPSA) is 64.8 Å². The van der Waals surface area contributed by atoms with Crippen LogP contribution in [-0.4, -0.2) is 43.5 Å². The molecule has 1 atom stereocenters. The normalized spacial score (nSPS) is 19.9. The molecule has 1 amide bonds. The van der Waals surface area contributed by atoms with Crippen molar-refractivity contribution in [2.75, 3.05) is 26.3 Å². The molecule has 0 aliphatic carbocycles. The highest BCUT2D eigenvalue weighted by atomic mass is 16.6. The first-order chi connectivity index (χ1) is 6.91. The fourth-order valence-electron chi connectivity index (χ4n) is 1.11. The lowest BCUT2D eigenvalue weighted by Crippen LogP contribution is -2.46. The van der Waals surface area contributed by atoms with Crippen LogP contribution in [0.15, 0.2) is 0 Å². The van der Waals surface area contributed by atoms with Gasteiger partial charge in [-0.05, 0) is 0 Å². The standard InChI is InChI=1S/C10H20N2O3/c1-10(2,3)8(11)15-9(13)12-4-6-14-7-5-12/h8H,4-7,11H2,1-3H3. The summed E-state index contributed by atoms with van der Waals surface area (Å²) < 4.78 is 10.3. The first-order valence-corrected chi connectivity index (χ1v) is 5.20. The molecule has 5 heteroatoms. The predicted molar refractivity (Wildman–Crippen MR) is 56.3 cm³/mol. The molecule has 5 nitrogen and oxygen atoms in total. The Hall–Kier alpha value is -0.810. The average Bonchev–Trinajstić information content (AvgIpc) is 2.17. The van der Waals surface area contributed by atoms with Crippen molar-refractivity contribution in [3.8, 4) is 0 Å². The third-order valence-electron chi connectivity index (χ3n) is 2.35. The maximum Gasteiger partial charge on any atom is 0.411 e. The van der Waals surface area contributed by atoms with Gasteiger partial charge in [-0.15, -0.1) is 0 Å². The molecule has 0 aromatic rings. The second kappa shape index (κ2) is 4.81. The Morgan fingerprint density at radius 2 is 1.93 bits per heavy atom. The van der Waals surface area contributed by atoms with E-state index >= 15 is 0 Å². The molecule has 0 spiro atoms. The Balaban J connectivity index is 2.40. The minimum absolute atomic E-state index is 0.234. The second-order valence-electron chi connectivity index (χ2n) is 4.77. The van der Waals surface area contributed by atoms with Crippen LogP contribution in [-0.2, 0) is 9.47 Å². The molecule has 15 heavy (non-hydrogen) atoms. The molecule has 1 fully saturated rings. The van der Waals surface area contributed by atoms with Gasteiger partial charge in [-0.25, -0.2) is 4.79 Å². The number of ether oxygens (including phenoxy) is 2. The molecule has 0 saturated carbocycles. The Morgan fingerprint density at radius 3 is 2.40 bits per heavy atom. The van der Waals surface area contributed by atoms with E-state index in [0.717, 1.165) is 0 Å². The van der Waals surface area contributed by atoms with Crippen molar-refractivity contribution < 1.29 is 14.3 Å². The lowest BCUT2D eigenvalue weighted by Gasteiger charge is -2.31. The molecule has 0 aromatic carbocycles. The minimum Gasteiger partial charge on any atom is -0.430 e. The van der Waals surface area contributed by atoms with Crippen molar-refractivity contribution in [1.82, 2.24) is 4.90 Å². The van der Waals surface area contributed by atoms with Crippen LogP contribution >= 0.6 is 0 Å². The fraction of sp³-hybridized carbons (Fsp3) is 0.900. The molecular weight excluding hydrogens is 196 g/mol. The number of carbonyl (C=O) groups excluding carboxylic acids is 1. The molecule has 1 saturated heterocycles. The van der Waals surface area contributed by atoms with Crippen molar-refractivity contribution in [3.05, 3.63) is 0 Å².